The van der Waals surface area contributed by atoms with Crippen LogP contribution in [0.2, 0.25) is 0 Å². The van der Waals surface area contributed by atoms with Crippen molar-refractivity contribution in [1.82, 2.24) is 10.2 Å². The smallest absolute Gasteiger partial charge is 0.324 e. The maximum Gasteiger partial charge on any atom is 0.324 e. The number of rotatable bonds is 5. The number of hydrogen-bond acceptors (Lipinski definition) is 4. The van der Waals surface area contributed by atoms with Gasteiger partial charge in [-0.25, -0.2) is 0 Å². The minimum Gasteiger partial charge on any atom is -0.459 e. The molecule has 3 aliphatic rings. The summed E-state index contributed by atoms with van der Waals surface area (Å²) in [6, 6.07) is 10.3. The first-order chi connectivity index (χ1) is 11.4. The zero-order chi connectivity index (χ0) is 17.2. The number of benzene rings is 1. The molecular formula is C20H31ClN2O2. The van der Waals surface area contributed by atoms with Gasteiger partial charge in [0.05, 0.1) is 0 Å². The van der Waals surface area contributed by atoms with Crippen molar-refractivity contribution < 1.29 is 9.53 Å². The van der Waals surface area contributed by atoms with E-state index in [-0.39, 0.29) is 24.4 Å². The van der Waals surface area contributed by atoms with Gasteiger partial charge in [0.25, 0.3) is 0 Å². The van der Waals surface area contributed by atoms with Gasteiger partial charge in [0.2, 0.25) is 0 Å². The number of piperidine rings is 3. The Balaban J connectivity index is 0.00000225. The van der Waals surface area contributed by atoms with Crippen molar-refractivity contribution in [1.29, 1.82) is 0 Å². The Morgan fingerprint density at radius 2 is 1.88 bits per heavy atom. The van der Waals surface area contributed by atoms with Gasteiger partial charge in [-0.15, -0.1) is 12.4 Å². The summed E-state index contributed by atoms with van der Waals surface area (Å²) < 4.78 is 5.68. The van der Waals surface area contributed by atoms with Gasteiger partial charge in [0.15, 0.2) is 0 Å². The van der Waals surface area contributed by atoms with E-state index in [2.05, 4.69) is 22.3 Å². The molecule has 1 N–H and O–H groups in total. The van der Waals surface area contributed by atoms with Gasteiger partial charge in [0, 0.05) is 12.6 Å². The highest BCUT2D eigenvalue weighted by atomic mass is 35.5. The van der Waals surface area contributed by atoms with E-state index in [0.29, 0.717) is 18.4 Å². The van der Waals surface area contributed by atoms with E-state index in [1.54, 1.807) is 0 Å². The number of fused-ring (bicyclic) bond motifs is 3. The van der Waals surface area contributed by atoms with E-state index in [1.165, 1.54) is 31.5 Å². The molecular weight excluding hydrogens is 336 g/mol. The number of esters is 1. The maximum atomic E-state index is 12.7. The third-order valence-corrected chi connectivity index (χ3v) is 5.05. The highest BCUT2D eigenvalue weighted by Gasteiger charge is 2.37. The Hall–Kier alpha value is -1.10. The fraction of sp³-hybridized carbons (Fsp3) is 0.650. The molecule has 3 heterocycles. The summed E-state index contributed by atoms with van der Waals surface area (Å²) in [5.41, 5.74) is 0.713. The average molecular weight is 367 g/mol. The van der Waals surface area contributed by atoms with E-state index in [9.17, 15) is 4.79 Å². The van der Waals surface area contributed by atoms with Crippen LogP contribution in [0.5, 0.6) is 0 Å². The summed E-state index contributed by atoms with van der Waals surface area (Å²) in [7, 11) is 0. The Bertz CT molecular complexity index is 551. The molecule has 0 radical (unpaired) electrons. The number of nitrogens with one attached hydrogen (secondary N) is 1. The van der Waals surface area contributed by atoms with Gasteiger partial charge in [-0.1, -0.05) is 30.3 Å². The van der Waals surface area contributed by atoms with Gasteiger partial charge in [-0.2, -0.15) is 0 Å². The molecule has 4 rings (SSSR count). The summed E-state index contributed by atoms with van der Waals surface area (Å²) in [6.45, 7) is 9.26. The third kappa shape index (κ3) is 5.70. The number of hydrogen-bond donors (Lipinski definition) is 1. The van der Waals surface area contributed by atoms with Crippen LogP contribution >= 0.6 is 12.4 Å². The monoisotopic (exact) mass is 366 g/mol. The molecule has 0 spiro atoms. The van der Waals surface area contributed by atoms with Gasteiger partial charge in [0.1, 0.15) is 11.6 Å². The first-order valence-electron chi connectivity index (χ1n) is 9.16. The summed E-state index contributed by atoms with van der Waals surface area (Å²) in [4.78, 5) is 15.3. The highest BCUT2D eigenvalue weighted by Crippen LogP contribution is 2.28. The standard InChI is InChI=1S/C20H30N2O2.ClH/c1-20(2,3)24-19(23)17(13-15-7-5-4-6-8-15)21-18-14-22-11-9-16(18)10-12-22;/h4-8,16-18,21H,9-14H2,1-3H3;1H/t17-,18+;/m0./s1. The van der Waals surface area contributed by atoms with Gasteiger partial charge in [-0.3, -0.25) is 10.1 Å². The second-order valence-corrected chi connectivity index (χ2v) is 8.19. The van der Waals surface area contributed by atoms with Crippen LogP contribution in [0.4, 0.5) is 0 Å². The lowest BCUT2D eigenvalue weighted by Crippen LogP contribution is -2.60. The van der Waals surface area contributed by atoms with Crippen LogP contribution in [0.3, 0.4) is 0 Å². The molecule has 25 heavy (non-hydrogen) atoms. The lowest BCUT2D eigenvalue weighted by Gasteiger charge is -2.46. The molecule has 0 aliphatic carbocycles. The largest absolute Gasteiger partial charge is 0.459 e. The Labute approximate surface area is 157 Å². The van der Waals surface area contributed by atoms with Crippen LogP contribution in [0, 0.1) is 5.92 Å². The minimum absolute atomic E-state index is 0. The highest BCUT2D eigenvalue weighted by molar-refractivity contribution is 5.85. The number of carbonyl (C=O) groups is 1. The van der Waals surface area contributed by atoms with Crippen molar-refractivity contribution in [2.45, 2.75) is 57.7 Å². The van der Waals surface area contributed by atoms with Crippen molar-refractivity contribution in [2.75, 3.05) is 19.6 Å². The molecule has 0 amide bonds. The fourth-order valence-electron chi connectivity index (χ4n) is 3.85. The van der Waals surface area contributed by atoms with Gasteiger partial charge < -0.3 is 9.64 Å². The van der Waals surface area contributed by atoms with Crippen molar-refractivity contribution >= 4 is 18.4 Å². The SMILES string of the molecule is CC(C)(C)OC(=O)[C@H](Cc1ccccc1)N[C@@H]1CN2CCC1CC2.Cl. The van der Waals surface area contributed by atoms with Crippen molar-refractivity contribution in [3.8, 4) is 0 Å². The molecule has 0 unspecified atom stereocenters. The van der Waals surface area contributed by atoms with Gasteiger partial charge >= 0.3 is 5.97 Å². The molecule has 2 bridgehead atoms. The van der Waals surface area contributed by atoms with Crippen molar-refractivity contribution in [3.05, 3.63) is 35.9 Å². The minimum atomic E-state index is -0.456. The third-order valence-electron chi connectivity index (χ3n) is 5.05. The predicted molar refractivity (Wildman–Crippen MR) is 103 cm³/mol. The Morgan fingerprint density at radius 1 is 1.24 bits per heavy atom. The van der Waals surface area contributed by atoms with E-state index < -0.39 is 5.60 Å². The molecule has 2 atom stereocenters. The summed E-state index contributed by atoms with van der Waals surface area (Å²) in [5, 5.41) is 3.64. The number of carbonyl (C=O) groups excluding carboxylic acids is 1. The van der Waals surface area contributed by atoms with Crippen molar-refractivity contribution in [3.63, 3.8) is 0 Å². The van der Waals surface area contributed by atoms with Crippen LogP contribution < -0.4 is 5.32 Å². The Kier molecular flexibility index (Phi) is 6.89. The van der Waals surface area contributed by atoms with Crippen LogP contribution in [0.15, 0.2) is 30.3 Å². The lowest BCUT2D eigenvalue weighted by atomic mass is 9.83. The van der Waals surface area contributed by atoms with E-state index >= 15 is 0 Å². The van der Waals surface area contributed by atoms with Crippen LogP contribution in [0.25, 0.3) is 0 Å². The molecule has 140 valence electrons. The molecule has 3 fully saturated rings. The lowest BCUT2D eigenvalue weighted by molar-refractivity contribution is -0.158. The molecule has 0 aromatic heterocycles. The number of halogens is 1. The molecule has 4 nitrogen and oxygen atoms in total. The number of nitrogens with zero attached hydrogens (tertiary/aromatic N) is 1. The summed E-state index contributed by atoms with van der Waals surface area (Å²) in [6.07, 6.45) is 3.16. The molecule has 5 heteroatoms. The van der Waals surface area contributed by atoms with Crippen molar-refractivity contribution in [2.24, 2.45) is 5.92 Å². The summed E-state index contributed by atoms with van der Waals surface area (Å²) >= 11 is 0. The van der Waals surface area contributed by atoms with E-state index in [4.69, 9.17) is 4.74 Å². The molecule has 1 aromatic carbocycles. The van der Waals surface area contributed by atoms with Crippen LogP contribution in [0.1, 0.15) is 39.2 Å². The molecule has 1 aromatic rings. The zero-order valence-corrected chi connectivity index (χ0v) is 16.3. The van der Waals surface area contributed by atoms with Crippen LogP contribution in [-0.4, -0.2) is 48.2 Å². The predicted octanol–water partition coefficient (Wildman–Crippen LogP) is 3.05. The quantitative estimate of drug-likeness (QED) is 0.813. The zero-order valence-electron chi connectivity index (χ0n) is 15.5. The molecule has 0 saturated carbocycles. The van der Waals surface area contributed by atoms with E-state index in [0.717, 1.165) is 6.54 Å². The van der Waals surface area contributed by atoms with E-state index in [1.807, 2.05) is 39.0 Å². The second-order valence-electron chi connectivity index (χ2n) is 8.19. The molecule has 3 saturated heterocycles. The fourth-order valence-corrected chi connectivity index (χ4v) is 3.85. The molecule has 3 aliphatic heterocycles. The summed E-state index contributed by atoms with van der Waals surface area (Å²) in [5.74, 6) is 0.554. The average Bonchev–Trinajstić information content (AvgIpc) is 2.55. The second kappa shape index (κ2) is 8.52. The maximum absolute atomic E-state index is 12.7. The number of ether oxygens (including phenoxy) is 1. The Morgan fingerprint density at radius 3 is 2.40 bits per heavy atom. The van der Waals surface area contributed by atoms with Crippen LogP contribution in [-0.2, 0) is 16.0 Å². The topological polar surface area (TPSA) is 41.6 Å². The first-order valence-corrected chi connectivity index (χ1v) is 9.16. The van der Waals surface area contributed by atoms with Gasteiger partial charge in [-0.05, 0) is 64.6 Å². The normalized spacial score (nSPS) is 26.6. The first kappa shape index (κ1) is 20.2.